The third-order valence-electron chi connectivity index (χ3n) is 2.94. The standard InChI is InChI=1S/C12H16N4O2/c1-7-5-11(18-15-7)12(17)14-8(2)10-6-13-16(4)9(10)3/h5-6,8H,1-4H3,(H,14,17)/t8-/m1/s1. The van der Waals surface area contributed by atoms with Gasteiger partial charge in [-0.25, -0.2) is 0 Å². The molecule has 18 heavy (non-hydrogen) atoms. The van der Waals surface area contributed by atoms with Gasteiger partial charge in [0.1, 0.15) is 0 Å². The molecule has 1 atom stereocenters. The summed E-state index contributed by atoms with van der Waals surface area (Å²) in [7, 11) is 1.87. The quantitative estimate of drug-likeness (QED) is 0.893. The molecule has 2 aromatic heterocycles. The van der Waals surface area contributed by atoms with Gasteiger partial charge in [0.15, 0.2) is 0 Å². The lowest BCUT2D eigenvalue weighted by atomic mass is 10.1. The lowest BCUT2D eigenvalue weighted by Gasteiger charge is -2.12. The summed E-state index contributed by atoms with van der Waals surface area (Å²) >= 11 is 0. The highest BCUT2D eigenvalue weighted by molar-refractivity contribution is 5.91. The summed E-state index contributed by atoms with van der Waals surface area (Å²) in [4.78, 5) is 11.9. The Hall–Kier alpha value is -2.11. The van der Waals surface area contributed by atoms with Crippen LogP contribution >= 0.6 is 0 Å². The fraction of sp³-hybridized carbons (Fsp3) is 0.417. The maximum absolute atomic E-state index is 11.9. The summed E-state index contributed by atoms with van der Waals surface area (Å²) in [6, 6.07) is 1.48. The van der Waals surface area contributed by atoms with E-state index in [0.717, 1.165) is 11.3 Å². The summed E-state index contributed by atoms with van der Waals surface area (Å²) in [6.45, 7) is 5.64. The van der Waals surface area contributed by atoms with Crippen LogP contribution in [-0.2, 0) is 7.05 Å². The van der Waals surface area contributed by atoms with Crippen molar-refractivity contribution >= 4 is 5.91 Å². The average molecular weight is 248 g/mol. The third-order valence-corrected chi connectivity index (χ3v) is 2.94. The van der Waals surface area contributed by atoms with Crippen LogP contribution in [0.2, 0.25) is 0 Å². The molecule has 0 fully saturated rings. The fourth-order valence-electron chi connectivity index (χ4n) is 1.76. The van der Waals surface area contributed by atoms with E-state index in [4.69, 9.17) is 4.52 Å². The number of aryl methyl sites for hydroxylation is 2. The Bertz CT molecular complexity index is 570. The second-order valence-corrected chi connectivity index (χ2v) is 4.34. The number of hydrogen-bond donors (Lipinski definition) is 1. The van der Waals surface area contributed by atoms with E-state index in [0.29, 0.717) is 5.69 Å². The first-order valence-corrected chi connectivity index (χ1v) is 5.71. The number of nitrogens with one attached hydrogen (secondary N) is 1. The van der Waals surface area contributed by atoms with E-state index in [-0.39, 0.29) is 17.7 Å². The van der Waals surface area contributed by atoms with Crippen molar-refractivity contribution in [2.75, 3.05) is 0 Å². The van der Waals surface area contributed by atoms with Gasteiger partial charge in [-0.05, 0) is 20.8 Å². The van der Waals surface area contributed by atoms with Crippen LogP contribution in [0.4, 0.5) is 0 Å². The molecular formula is C12H16N4O2. The minimum Gasteiger partial charge on any atom is -0.351 e. The first-order valence-electron chi connectivity index (χ1n) is 5.71. The zero-order valence-electron chi connectivity index (χ0n) is 10.9. The smallest absolute Gasteiger partial charge is 0.290 e. The number of rotatable bonds is 3. The number of nitrogens with zero attached hydrogens (tertiary/aromatic N) is 3. The summed E-state index contributed by atoms with van der Waals surface area (Å²) < 4.78 is 6.69. The van der Waals surface area contributed by atoms with Crippen LogP contribution in [0.3, 0.4) is 0 Å². The highest BCUT2D eigenvalue weighted by Crippen LogP contribution is 2.16. The first kappa shape index (κ1) is 12.3. The minimum absolute atomic E-state index is 0.128. The Labute approximate surface area is 105 Å². The monoisotopic (exact) mass is 248 g/mol. The fourth-order valence-corrected chi connectivity index (χ4v) is 1.76. The van der Waals surface area contributed by atoms with Gasteiger partial charge in [0.05, 0.1) is 17.9 Å². The zero-order valence-corrected chi connectivity index (χ0v) is 10.9. The maximum atomic E-state index is 11.9. The van der Waals surface area contributed by atoms with Crippen LogP contribution in [0.1, 0.15) is 40.5 Å². The van der Waals surface area contributed by atoms with Gasteiger partial charge in [0, 0.05) is 24.4 Å². The molecule has 0 unspecified atom stereocenters. The Balaban J connectivity index is 2.10. The molecule has 0 bridgehead atoms. The number of aromatic nitrogens is 3. The van der Waals surface area contributed by atoms with Crippen molar-refractivity contribution in [2.24, 2.45) is 7.05 Å². The molecule has 96 valence electrons. The second kappa shape index (κ2) is 4.64. The topological polar surface area (TPSA) is 73.0 Å². The maximum Gasteiger partial charge on any atom is 0.290 e. The molecule has 2 heterocycles. The van der Waals surface area contributed by atoms with Crippen molar-refractivity contribution in [1.29, 1.82) is 0 Å². The zero-order chi connectivity index (χ0) is 13.3. The molecule has 1 N–H and O–H groups in total. The Morgan fingerprint density at radius 3 is 2.72 bits per heavy atom. The van der Waals surface area contributed by atoms with Gasteiger partial charge in [0.25, 0.3) is 5.91 Å². The third kappa shape index (κ3) is 2.27. The molecule has 0 aliphatic heterocycles. The molecule has 2 aromatic rings. The number of carbonyl (C=O) groups is 1. The van der Waals surface area contributed by atoms with Gasteiger partial charge in [-0.15, -0.1) is 0 Å². The second-order valence-electron chi connectivity index (χ2n) is 4.34. The van der Waals surface area contributed by atoms with E-state index in [1.165, 1.54) is 0 Å². The molecule has 0 aliphatic rings. The SMILES string of the molecule is Cc1cc(C(=O)N[C@H](C)c2cnn(C)c2C)on1. The highest BCUT2D eigenvalue weighted by Gasteiger charge is 2.18. The minimum atomic E-state index is -0.272. The average Bonchev–Trinajstić information content (AvgIpc) is 2.87. The van der Waals surface area contributed by atoms with Crippen molar-refractivity contribution in [3.05, 3.63) is 35.0 Å². The molecule has 0 aliphatic carbocycles. The van der Waals surface area contributed by atoms with Crippen LogP contribution in [-0.4, -0.2) is 20.8 Å². The predicted octanol–water partition coefficient (Wildman–Crippen LogP) is 1.52. The lowest BCUT2D eigenvalue weighted by Crippen LogP contribution is -2.26. The van der Waals surface area contributed by atoms with E-state index in [1.54, 1.807) is 23.9 Å². The van der Waals surface area contributed by atoms with Crippen molar-refractivity contribution in [3.8, 4) is 0 Å². The first-order chi connectivity index (χ1) is 8.49. The number of amides is 1. The van der Waals surface area contributed by atoms with Gasteiger partial charge >= 0.3 is 0 Å². The Morgan fingerprint density at radius 1 is 1.50 bits per heavy atom. The van der Waals surface area contributed by atoms with Gasteiger partial charge < -0.3 is 9.84 Å². The van der Waals surface area contributed by atoms with Crippen LogP contribution in [0.5, 0.6) is 0 Å². The molecule has 0 saturated carbocycles. The summed E-state index contributed by atoms with van der Waals surface area (Å²) in [5.74, 6) is -0.0488. The van der Waals surface area contributed by atoms with Crippen molar-refractivity contribution in [2.45, 2.75) is 26.8 Å². The van der Waals surface area contributed by atoms with Crippen molar-refractivity contribution in [3.63, 3.8) is 0 Å². The molecule has 0 spiro atoms. The van der Waals surface area contributed by atoms with Crippen LogP contribution in [0, 0.1) is 13.8 Å². The normalized spacial score (nSPS) is 12.4. The summed E-state index contributed by atoms with van der Waals surface area (Å²) in [6.07, 6.45) is 1.76. The highest BCUT2D eigenvalue weighted by atomic mass is 16.5. The van der Waals surface area contributed by atoms with Gasteiger partial charge in [-0.2, -0.15) is 5.10 Å². The molecule has 0 radical (unpaired) electrons. The van der Waals surface area contributed by atoms with Gasteiger partial charge in [0.2, 0.25) is 5.76 Å². The Morgan fingerprint density at radius 2 is 2.22 bits per heavy atom. The Kier molecular flexibility index (Phi) is 3.18. The van der Waals surface area contributed by atoms with Gasteiger partial charge in [-0.3, -0.25) is 9.48 Å². The molecule has 0 aromatic carbocycles. The van der Waals surface area contributed by atoms with E-state index in [9.17, 15) is 4.79 Å². The molecule has 1 amide bonds. The van der Waals surface area contributed by atoms with E-state index < -0.39 is 0 Å². The van der Waals surface area contributed by atoms with E-state index in [1.807, 2.05) is 20.9 Å². The van der Waals surface area contributed by atoms with Crippen LogP contribution < -0.4 is 5.32 Å². The molecular weight excluding hydrogens is 232 g/mol. The predicted molar refractivity (Wildman–Crippen MR) is 65.1 cm³/mol. The summed E-state index contributed by atoms with van der Waals surface area (Å²) in [5.41, 5.74) is 2.70. The van der Waals surface area contributed by atoms with Crippen LogP contribution in [0.15, 0.2) is 16.8 Å². The molecule has 2 rings (SSSR count). The van der Waals surface area contributed by atoms with E-state index >= 15 is 0 Å². The van der Waals surface area contributed by atoms with Crippen LogP contribution in [0.25, 0.3) is 0 Å². The van der Waals surface area contributed by atoms with E-state index in [2.05, 4.69) is 15.6 Å². The number of hydrogen-bond acceptors (Lipinski definition) is 4. The number of carbonyl (C=O) groups excluding carboxylic acids is 1. The van der Waals surface area contributed by atoms with Crippen molar-refractivity contribution in [1.82, 2.24) is 20.3 Å². The molecule has 6 nitrogen and oxygen atoms in total. The molecule has 6 heteroatoms. The summed E-state index contributed by atoms with van der Waals surface area (Å²) in [5, 5.41) is 10.7. The van der Waals surface area contributed by atoms with Crippen molar-refractivity contribution < 1.29 is 9.32 Å². The molecule has 0 saturated heterocycles. The largest absolute Gasteiger partial charge is 0.351 e. The van der Waals surface area contributed by atoms with Gasteiger partial charge in [-0.1, -0.05) is 5.16 Å². The lowest BCUT2D eigenvalue weighted by molar-refractivity contribution is 0.0902.